The predicted octanol–water partition coefficient (Wildman–Crippen LogP) is 3.20. The second-order valence-electron chi connectivity index (χ2n) is 4.69. The van der Waals surface area contributed by atoms with Crippen molar-refractivity contribution in [2.45, 2.75) is 40.7 Å². The molecule has 0 radical (unpaired) electrons. The first-order chi connectivity index (χ1) is 7.88. The minimum Gasteiger partial charge on any atom is -0.466 e. The van der Waals surface area contributed by atoms with Crippen LogP contribution >= 0.6 is 11.6 Å². The average Bonchev–Trinajstić information content (AvgIpc) is 2.49. The van der Waals surface area contributed by atoms with Gasteiger partial charge in [0.2, 0.25) is 0 Å². The van der Waals surface area contributed by atoms with E-state index in [0.717, 1.165) is 11.3 Å². The number of halogens is 1. The Morgan fingerprint density at radius 2 is 1.88 bits per heavy atom. The number of amides is 1. The van der Waals surface area contributed by atoms with E-state index in [4.69, 9.17) is 16.0 Å². The third-order valence-electron chi connectivity index (χ3n) is 3.08. The molecule has 1 rings (SSSR count). The molecule has 96 valence electrons. The summed E-state index contributed by atoms with van der Waals surface area (Å²) in [5.74, 6) is 2.08. The summed E-state index contributed by atoms with van der Waals surface area (Å²) in [6, 6.07) is -0.0156. The van der Waals surface area contributed by atoms with Crippen molar-refractivity contribution in [3.8, 4) is 0 Å². The second-order valence-corrected chi connectivity index (χ2v) is 5.00. The smallest absolute Gasteiger partial charge is 0.255 e. The van der Waals surface area contributed by atoms with Gasteiger partial charge in [-0.3, -0.25) is 4.79 Å². The summed E-state index contributed by atoms with van der Waals surface area (Å²) < 4.78 is 5.45. The van der Waals surface area contributed by atoms with Crippen LogP contribution in [-0.2, 0) is 0 Å². The monoisotopic (exact) mass is 257 g/mol. The average molecular weight is 258 g/mol. The maximum absolute atomic E-state index is 12.1. The first-order valence-corrected chi connectivity index (χ1v) is 6.35. The normalized spacial score (nSPS) is 12.9. The highest BCUT2D eigenvalue weighted by Crippen LogP contribution is 2.21. The van der Waals surface area contributed by atoms with Gasteiger partial charge >= 0.3 is 0 Å². The van der Waals surface area contributed by atoms with E-state index in [1.165, 1.54) is 0 Å². The van der Waals surface area contributed by atoms with E-state index in [-0.39, 0.29) is 11.9 Å². The van der Waals surface area contributed by atoms with Crippen LogP contribution in [0.3, 0.4) is 0 Å². The number of hydrogen-bond donors (Lipinski definition) is 1. The van der Waals surface area contributed by atoms with E-state index in [1.54, 1.807) is 6.92 Å². The fourth-order valence-electron chi connectivity index (χ4n) is 1.75. The summed E-state index contributed by atoms with van der Waals surface area (Å²) >= 11 is 5.84. The van der Waals surface area contributed by atoms with E-state index in [2.05, 4.69) is 5.32 Å². The van der Waals surface area contributed by atoms with Gasteiger partial charge in [0.05, 0.1) is 5.56 Å². The van der Waals surface area contributed by atoms with Gasteiger partial charge in [-0.05, 0) is 26.7 Å². The number of carbonyl (C=O) groups is 1. The van der Waals surface area contributed by atoms with Gasteiger partial charge in [-0.2, -0.15) is 0 Å². The largest absolute Gasteiger partial charge is 0.466 e. The lowest BCUT2D eigenvalue weighted by Crippen LogP contribution is -2.40. The molecule has 0 bridgehead atoms. The van der Waals surface area contributed by atoms with Crippen molar-refractivity contribution in [1.82, 2.24) is 5.32 Å². The van der Waals surface area contributed by atoms with E-state index in [0.29, 0.717) is 23.1 Å². The number of alkyl halides is 1. The highest BCUT2D eigenvalue weighted by Gasteiger charge is 2.22. The molecule has 1 N–H and O–H groups in total. The van der Waals surface area contributed by atoms with Crippen molar-refractivity contribution in [3.63, 3.8) is 0 Å². The minimum absolute atomic E-state index is 0.0156. The summed E-state index contributed by atoms with van der Waals surface area (Å²) in [5, 5.41) is 2.95. The van der Waals surface area contributed by atoms with Crippen LogP contribution in [0.1, 0.15) is 41.3 Å². The van der Waals surface area contributed by atoms with E-state index in [1.807, 2.05) is 27.7 Å². The fraction of sp³-hybridized carbons (Fsp3) is 0.615. The van der Waals surface area contributed by atoms with E-state index >= 15 is 0 Å². The van der Waals surface area contributed by atoms with Crippen molar-refractivity contribution in [2.75, 3.05) is 5.88 Å². The number of aryl methyl sites for hydroxylation is 2. The quantitative estimate of drug-likeness (QED) is 0.842. The third kappa shape index (κ3) is 3.03. The van der Waals surface area contributed by atoms with Crippen LogP contribution in [0, 0.1) is 26.7 Å². The number of rotatable bonds is 4. The lowest BCUT2D eigenvalue weighted by molar-refractivity contribution is 0.0929. The molecule has 0 aromatic carbocycles. The zero-order chi connectivity index (χ0) is 13.2. The molecule has 1 amide bonds. The summed E-state index contributed by atoms with van der Waals surface area (Å²) in [7, 11) is 0. The summed E-state index contributed by atoms with van der Waals surface area (Å²) in [6.45, 7) is 9.63. The highest BCUT2D eigenvalue weighted by atomic mass is 35.5. The van der Waals surface area contributed by atoms with Crippen molar-refractivity contribution in [3.05, 3.63) is 22.6 Å². The van der Waals surface area contributed by atoms with Gasteiger partial charge in [0.15, 0.2) is 0 Å². The summed E-state index contributed by atoms with van der Waals surface area (Å²) in [6.07, 6.45) is 0. The molecule has 0 aliphatic heterocycles. The van der Waals surface area contributed by atoms with Gasteiger partial charge in [0, 0.05) is 17.5 Å². The zero-order valence-corrected chi connectivity index (χ0v) is 11.8. The maximum Gasteiger partial charge on any atom is 0.255 e. The molecule has 1 aromatic heterocycles. The zero-order valence-electron chi connectivity index (χ0n) is 11.1. The number of carbonyl (C=O) groups excluding carboxylic acids is 1. The van der Waals surface area contributed by atoms with Crippen LogP contribution in [0.4, 0.5) is 0 Å². The predicted molar refractivity (Wildman–Crippen MR) is 69.7 cm³/mol. The van der Waals surface area contributed by atoms with Crippen LogP contribution in [-0.4, -0.2) is 17.8 Å². The molecule has 3 nitrogen and oxygen atoms in total. The summed E-state index contributed by atoms with van der Waals surface area (Å²) in [4.78, 5) is 12.1. The molecule has 1 unspecified atom stereocenters. The Labute approximate surface area is 108 Å². The Kier molecular flexibility index (Phi) is 4.63. The molecule has 0 saturated carbocycles. The SMILES string of the molecule is Cc1oc(C)c(C(=O)NC(CCl)C(C)C)c1C. The lowest BCUT2D eigenvalue weighted by Gasteiger charge is -2.19. The minimum atomic E-state index is -0.101. The molecule has 4 heteroatoms. The Bertz CT molecular complexity index is 410. The third-order valence-corrected chi connectivity index (χ3v) is 3.41. The first kappa shape index (κ1) is 14.1. The number of nitrogens with one attached hydrogen (secondary N) is 1. The van der Waals surface area contributed by atoms with Gasteiger partial charge in [-0.1, -0.05) is 13.8 Å². The van der Waals surface area contributed by atoms with Gasteiger partial charge in [0.25, 0.3) is 5.91 Å². The van der Waals surface area contributed by atoms with Crippen molar-refractivity contribution >= 4 is 17.5 Å². The highest BCUT2D eigenvalue weighted by molar-refractivity contribution is 6.18. The molecule has 0 saturated heterocycles. The van der Waals surface area contributed by atoms with Gasteiger partial charge in [0.1, 0.15) is 11.5 Å². The van der Waals surface area contributed by atoms with Crippen molar-refractivity contribution in [2.24, 2.45) is 5.92 Å². The fourth-order valence-corrected chi connectivity index (χ4v) is 2.18. The molecular weight excluding hydrogens is 238 g/mol. The van der Waals surface area contributed by atoms with Crippen molar-refractivity contribution in [1.29, 1.82) is 0 Å². The molecule has 1 atom stereocenters. The molecule has 1 aromatic rings. The summed E-state index contributed by atoms with van der Waals surface area (Å²) in [5.41, 5.74) is 1.54. The molecule has 0 spiro atoms. The lowest BCUT2D eigenvalue weighted by atomic mass is 10.0. The molecule has 0 aliphatic rings. The topological polar surface area (TPSA) is 42.2 Å². The Morgan fingerprint density at radius 1 is 1.29 bits per heavy atom. The Hall–Kier alpha value is -0.960. The van der Waals surface area contributed by atoms with E-state index < -0.39 is 0 Å². The van der Waals surface area contributed by atoms with Crippen LogP contribution in [0.2, 0.25) is 0 Å². The van der Waals surface area contributed by atoms with Gasteiger partial charge < -0.3 is 9.73 Å². The van der Waals surface area contributed by atoms with Gasteiger partial charge in [-0.15, -0.1) is 11.6 Å². The van der Waals surface area contributed by atoms with E-state index in [9.17, 15) is 4.79 Å². The Morgan fingerprint density at radius 3 is 2.24 bits per heavy atom. The van der Waals surface area contributed by atoms with Crippen LogP contribution in [0.5, 0.6) is 0 Å². The first-order valence-electron chi connectivity index (χ1n) is 5.81. The Balaban J connectivity index is 2.90. The number of furan rings is 1. The molecule has 0 fully saturated rings. The molecule has 0 aliphatic carbocycles. The standard InChI is InChI=1S/C13H20ClNO2/c1-7(2)11(6-14)15-13(16)12-8(3)9(4)17-10(12)5/h7,11H,6H2,1-5H3,(H,15,16). The molecular formula is C13H20ClNO2. The van der Waals surface area contributed by atoms with Crippen LogP contribution in [0.25, 0.3) is 0 Å². The molecule has 1 heterocycles. The van der Waals surface area contributed by atoms with Crippen molar-refractivity contribution < 1.29 is 9.21 Å². The van der Waals surface area contributed by atoms with Gasteiger partial charge in [-0.25, -0.2) is 0 Å². The number of hydrogen-bond acceptors (Lipinski definition) is 2. The van der Waals surface area contributed by atoms with Crippen LogP contribution in [0.15, 0.2) is 4.42 Å². The molecule has 17 heavy (non-hydrogen) atoms. The maximum atomic E-state index is 12.1. The second kappa shape index (κ2) is 5.58. The van der Waals surface area contributed by atoms with Crippen LogP contribution < -0.4 is 5.32 Å².